The van der Waals surface area contributed by atoms with Crippen molar-refractivity contribution in [2.45, 2.75) is 0 Å². The van der Waals surface area contributed by atoms with Crippen molar-refractivity contribution in [3.8, 4) is 0 Å². The first-order valence-corrected chi connectivity index (χ1v) is 6.49. The Labute approximate surface area is 122 Å². The summed E-state index contributed by atoms with van der Waals surface area (Å²) in [6, 6.07) is 7.89. The van der Waals surface area contributed by atoms with E-state index in [4.69, 9.17) is 28.9 Å². The zero-order valence-electron chi connectivity index (χ0n) is 8.98. The molecule has 0 amide bonds. The summed E-state index contributed by atoms with van der Waals surface area (Å²) in [4.78, 5) is 0. The van der Waals surface area contributed by atoms with Gasteiger partial charge in [-0.15, -0.1) is 0 Å². The minimum atomic E-state index is -0.531. The third-order valence-corrected chi connectivity index (χ3v) is 3.81. The van der Waals surface area contributed by atoms with E-state index in [9.17, 15) is 4.39 Å². The van der Waals surface area contributed by atoms with Gasteiger partial charge in [-0.2, -0.15) is 0 Å². The molecule has 0 fully saturated rings. The summed E-state index contributed by atoms with van der Waals surface area (Å²) in [6.07, 6.45) is 0. The second kappa shape index (κ2) is 5.34. The molecule has 0 aromatic heterocycles. The van der Waals surface area contributed by atoms with Gasteiger partial charge in [-0.1, -0.05) is 23.2 Å². The van der Waals surface area contributed by atoms with E-state index in [1.807, 2.05) is 0 Å². The van der Waals surface area contributed by atoms with Gasteiger partial charge in [0.2, 0.25) is 0 Å². The predicted molar refractivity (Wildman–Crippen MR) is 78.3 cm³/mol. The molecule has 0 bridgehead atoms. The molecular formula is C12H8BrCl2FN2. The van der Waals surface area contributed by atoms with Crippen LogP contribution in [-0.4, -0.2) is 0 Å². The Morgan fingerprint density at radius 1 is 1.11 bits per heavy atom. The zero-order chi connectivity index (χ0) is 13.3. The van der Waals surface area contributed by atoms with Crippen LogP contribution in [0.5, 0.6) is 0 Å². The monoisotopic (exact) mass is 348 g/mol. The molecule has 2 nitrogen and oxygen atoms in total. The van der Waals surface area contributed by atoms with E-state index in [2.05, 4.69) is 21.2 Å². The van der Waals surface area contributed by atoms with Gasteiger partial charge in [0.1, 0.15) is 5.82 Å². The predicted octanol–water partition coefficient (Wildman–Crippen LogP) is 5.22. The summed E-state index contributed by atoms with van der Waals surface area (Å²) in [5.41, 5.74) is 7.26. The average Bonchev–Trinajstić information content (AvgIpc) is 2.31. The smallest absolute Gasteiger partial charge is 0.144 e. The van der Waals surface area contributed by atoms with Crippen LogP contribution >= 0.6 is 39.1 Å². The quantitative estimate of drug-likeness (QED) is 0.729. The molecule has 3 N–H and O–H groups in total. The molecule has 6 heteroatoms. The summed E-state index contributed by atoms with van der Waals surface area (Å²) >= 11 is 14.9. The second-order valence-electron chi connectivity index (χ2n) is 3.61. The molecule has 0 unspecified atom stereocenters. The fraction of sp³-hybridized carbons (Fsp3) is 0. The molecule has 0 spiro atoms. The van der Waals surface area contributed by atoms with Gasteiger partial charge in [-0.25, -0.2) is 4.39 Å². The molecule has 0 saturated carbocycles. The lowest BCUT2D eigenvalue weighted by atomic mass is 10.2. The lowest BCUT2D eigenvalue weighted by molar-refractivity contribution is 0.629. The van der Waals surface area contributed by atoms with E-state index < -0.39 is 5.82 Å². The maximum atomic E-state index is 13.3. The molecule has 94 valence electrons. The fourth-order valence-electron chi connectivity index (χ4n) is 1.40. The lowest BCUT2D eigenvalue weighted by Gasteiger charge is -2.11. The van der Waals surface area contributed by atoms with Crippen molar-refractivity contribution in [2.75, 3.05) is 11.1 Å². The van der Waals surface area contributed by atoms with Crippen molar-refractivity contribution >= 4 is 56.2 Å². The highest BCUT2D eigenvalue weighted by molar-refractivity contribution is 9.10. The van der Waals surface area contributed by atoms with E-state index in [-0.39, 0.29) is 5.02 Å². The number of anilines is 3. The molecule has 2 aromatic carbocycles. The summed E-state index contributed by atoms with van der Waals surface area (Å²) in [5, 5.41) is 3.52. The van der Waals surface area contributed by atoms with Crippen molar-refractivity contribution in [1.29, 1.82) is 0 Å². The van der Waals surface area contributed by atoms with Gasteiger partial charge in [-0.05, 0) is 40.2 Å². The van der Waals surface area contributed by atoms with Crippen LogP contribution < -0.4 is 11.1 Å². The molecule has 18 heavy (non-hydrogen) atoms. The molecule has 0 radical (unpaired) electrons. The Bertz CT molecular complexity index is 605. The highest BCUT2D eigenvalue weighted by Crippen LogP contribution is 2.31. The van der Waals surface area contributed by atoms with Crippen LogP contribution in [-0.2, 0) is 0 Å². The van der Waals surface area contributed by atoms with Gasteiger partial charge in [0.25, 0.3) is 0 Å². The first-order chi connectivity index (χ1) is 8.47. The molecule has 0 heterocycles. The molecule has 0 saturated heterocycles. The number of rotatable bonds is 2. The zero-order valence-corrected chi connectivity index (χ0v) is 12.1. The Balaban J connectivity index is 2.34. The minimum absolute atomic E-state index is 0.00751. The normalized spacial score (nSPS) is 10.4. The van der Waals surface area contributed by atoms with Gasteiger partial charge in [0, 0.05) is 16.2 Å². The first-order valence-electron chi connectivity index (χ1n) is 4.94. The molecule has 0 aliphatic rings. The number of nitrogen functional groups attached to an aromatic ring is 1. The van der Waals surface area contributed by atoms with Crippen molar-refractivity contribution in [1.82, 2.24) is 0 Å². The van der Waals surface area contributed by atoms with Gasteiger partial charge in [0.15, 0.2) is 0 Å². The second-order valence-corrected chi connectivity index (χ2v) is 5.28. The summed E-state index contributed by atoms with van der Waals surface area (Å²) < 4.78 is 14.1. The van der Waals surface area contributed by atoms with Gasteiger partial charge >= 0.3 is 0 Å². The Morgan fingerprint density at radius 3 is 2.50 bits per heavy atom. The number of hydrogen-bond acceptors (Lipinski definition) is 2. The number of benzene rings is 2. The van der Waals surface area contributed by atoms with Crippen LogP contribution in [0.25, 0.3) is 0 Å². The largest absolute Gasteiger partial charge is 0.397 e. The topological polar surface area (TPSA) is 38.0 Å². The van der Waals surface area contributed by atoms with Crippen molar-refractivity contribution in [3.63, 3.8) is 0 Å². The van der Waals surface area contributed by atoms with E-state index >= 15 is 0 Å². The Kier molecular flexibility index (Phi) is 4.00. The lowest BCUT2D eigenvalue weighted by Crippen LogP contribution is -1.97. The third-order valence-electron chi connectivity index (χ3n) is 2.29. The van der Waals surface area contributed by atoms with Crippen molar-refractivity contribution in [2.24, 2.45) is 0 Å². The van der Waals surface area contributed by atoms with Crippen LogP contribution in [0.2, 0.25) is 10.0 Å². The molecular weight excluding hydrogens is 342 g/mol. The summed E-state index contributed by atoms with van der Waals surface area (Å²) in [5.74, 6) is -0.531. The number of nitrogens with one attached hydrogen (secondary N) is 1. The van der Waals surface area contributed by atoms with Crippen LogP contribution in [0.4, 0.5) is 21.5 Å². The Hall–Kier alpha value is -0.970. The van der Waals surface area contributed by atoms with E-state index in [1.165, 1.54) is 12.1 Å². The first kappa shape index (κ1) is 13.5. The van der Waals surface area contributed by atoms with Crippen molar-refractivity contribution < 1.29 is 4.39 Å². The van der Waals surface area contributed by atoms with E-state index in [1.54, 1.807) is 18.2 Å². The van der Waals surface area contributed by atoms with Gasteiger partial charge in [0.05, 0.1) is 21.4 Å². The third kappa shape index (κ3) is 2.88. The average molecular weight is 350 g/mol. The number of hydrogen-bond donors (Lipinski definition) is 2. The highest BCUT2D eigenvalue weighted by Gasteiger charge is 2.07. The van der Waals surface area contributed by atoms with E-state index in [0.29, 0.717) is 22.1 Å². The maximum absolute atomic E-state index is 13.3. The fourth-order valence-corrected chi connectivity index (χ4v) is 2.00. The highest BCUT2D eigenvalue weighted by atomic mass is 79.9. The van der Waals surface area contributed by atoms with Crippen molar-refractivity contribution in [3.05, 3.63) is 50.7 Å². The summed E-state index contributed by atoms with van der Waals surface area (Å²) in [6.45, 7) is 0. The maximum Gasteiger partial charge on any atom is 0.144 e. The number of nitrogens with two attached hydrogens (primary N) is 1. The van der Waals surface area contributed by atoms with Crippen LogP contribution in [0.1, 0.15) is 0 Å². The molecule has 0 aliphatic heterocycles. The van der Waals surface area contributed by atoms with Gasteiger partial charge < -0.3 is 11.1 Å². The molecule has 2 aromatic rings. The van der Waals surface area contributed by atoms with Gasteiger partial charge in [-0.3, -0.25) is 0 Å². The SMILES string of the molecule is Nc1cc(Cl)c(F)cc1Nc1ccc(Br)c(Cl)c1. The van der Waals surface area contributed by atoms with Crippen LogP contribution in [0, 0.1) is 5.82 Å². The molecule has 0 aliphatic carbocycles. The molecule has 0 atom stereocenters. The van der Waals surface area contributed by atoms with Crippen LogP contribution in [0.3, 0.4) is 0 Å². The van der Waals surface area contributed by atoms with E-state index in [0.717, 1.165) is 4.47 Å². The number of halogens is 4. The Morgan fingerprint density at radius 2 is 1.83 bits per heavy atom. The minimum Gasteiger partial charge on any atom is -0.397 e. The standard InChI is InChI=1S/C12H8BrCl2FN2/c13-7-2-1-6(3-8(7)14)18-12-5-10(16)9(15)4-11(12)17/h1-5,18H,17H2. The van der Waals surface area contributed by atoms with Crippen LogP contribution in [0.15, 0.2) is 34.8 Å². The summed E-state index contributed by atoms with van der Waals surface area (Å²) in [7, 11) is 0. The molecule has 2 rings (SSSR count).